The number of nitrogens with zero attached hydrogens (tertiary/aromatic N) is 1. The SMILES string of the molecule is CCC(=O)Nc1cccc(NC(=O)C2CCCN(C(=O)c3ccccc3OC(F)F)C2)c1. The fourth-order valence-corrected chi connectivity index (χ4v) is 3.56. The molecule has 32 heavy (non-hydrogen) atoms. The smallest absolute Gasteiger partial charge is 0.387 e. The Bertz CT molecular complexity index is 983. The Hall–Kier alpha value is -3.49. The number of nitrogens with one attached hydrogen (secondary N) is 2. The molecule has 1 heterocycles. The summed E-state index contributed by atoms with van der Waals surface area (Å²) in [5.74, 6) is -1.48. The molecule has 2 aromatic rings. The van der Waals surface area contributed by atoms with E-state index in [1.807, 2.05) is 0 Å². The molecular weight excluding hydrogens is 420 g/mol. The van der Waals surface area contributed by atoms with E-state index < -0.39 is 18.4 Å². The minimum atomic E-state index is -3.04. The maximum Gasteiger partial charge on any atom is 0.387 e. The monoisotopic (exact) mass is 445 g/mol. The molecule has 2 aromatic carbocycles. The first-order valence-electron chi connectivity index (χ1n) is 10.4. The highest BCUT2D eigenvalue weighted by molar-refractivity contribution is 5.98. The standard InChI is InChI=1S/C23H25F2N3O4/c1-2-20(29)26-16-8-5-9-17(13-16)27-21(30)15-7-6-12-28(14-15)22(31)18-10-3-4-11-19(18)32-23(24)25/h3-5,8-11,13,15,23H,2,6-7,12,14H2,1H3,(H,26,29)(H,27,30). The molecule has 0 saturated carbocycles. The van der Waals surface area contributed by atoms with Crippen molar-refractivity contribution in [3.8, 4) is 5.75 Å². The van der Waals surface area contributed by atoms with Crippen molar-refractivity contribution in [3.63, 3.8) is 0 Å². The van der Waals surface area contributed by atoms with Crippen molar-refractivity contribution in [1.29, 1.82) is 0 Å². The van der Waals surface area contributed by atoms with Gasteiger partial charge in [0.05, 0.1) is 11.5 Å². The lowest BCUT2D eigenvalue weighted by Gasteiger charge is -2.32. The first-order valence-corrected chi connectivity index (χ1v) is 10.4. The highest BCUT2D eigenvalue weighted by atomic mass is 19.3. The molecule has 3 rings (SSSR count). The molecule has 1 atom stereocenters. The molecule has 0 spiro atoms. The van der Waals surface area contributed by atoms with Gasteiger partial charge < -0.3 is 20.3 Å². The maximum atomic E-state index is 12.9. The van der Waals surface area contributed by atoms with Crippen molar-refractivity contribution in [2.75, 3.05) is 23.7 Å². The normalized spacial score (nSPS) is 15.9. The van der Waals surface area contributed by atoms with Gasteiger partial charge in [0, 0.05) is 30.9 Å². The van der Waals surface area contributed by atoms with E-state index in [9.17, 15) is 23.2 Å². The molecule has 3 amide bonds. The molecule has 1 aliphatic heterocycles. The van der Waals surface area contributed by atoms with Gasteiger partial charge in [-0.1, -0.05) is 25.1 Å². The summed E-state index contributed by atoms with van der Waals surface area (Å²) in [7, 11) is 0. The molecular formula is C23H25F2N3O4. The second-order valence-corrected chi connectivity index (χ2v) is 7.44. The van der Waals surface area contributed by atoms with Crippen LogP contribution in [0.5, 0.6) is 5.75 Å². The van der Waals surface area contributed by atoms with Gasteiger partial charge in [-0.2, -0.15) is 8.78 Å². The second-order valence-electron chi connectivity index (χ2n) is 7.44. The van der Waals surface area contributed by atoms with E-state index in [1.165, 1.54) is 23.1 Å². The number of hydrogen-bond acceptors (Lipinski definition) is 4. The molecule has 1 unspecified atom stereocenters. The molecule has 170 valence electrons. The van der Waals surface area contributed by atoms with Crippen LogP contribution in [0, 0.1) is 5.92 Å². The Morgan fingerprint density at radius 2 is 1.81 bits per heavy atom. The minimum absolute atomic E-state index is 0.0354. The third-order valence-electron chi connectivity index (χ3n) is 5.15. The predicted octanol–water partition coefficient (Wildman–Crippen LogP) is 4.13. The summed E-state index contributed by atoms with van der Waals surface area (Å²) in [4.78, 5) is 38.8. The van der Waals surface area contributed by atoms with Gasteiger partial charge in [0.25, 0.3) is 5.91 Å². The summed E-state index contributed by atoms with van der Waals surface area (Å²) in [5, 5.41) is 5.56. The van der Waals surface area contributed by atoms with Gasteiger partial charge in [-0.05, 0) is 43.2 Å². The topological polar surface area (TPSA) is 87.7 Å². The van der Waals surface area contributed by atoms with Gasteiger partial charge >= 0.3 is 6.61 Å². The van der Waals surface area contributed by atoms with Crippen molar-refractivity contribution in [1.82, 2.24) is 4.90 Å². The van der Waals surface area contributed by atoms with Crippen LogP contribution in [0.2, 0.25) is 0 Å². The molecule has 7 nitrogen and oxygen atoms in total. The number of hydrogen-bond donors (Lipinski definition) is 2. The van der Waals surface area contributed by atoms with Gasteiger partial charge in [0.15, 0.2) is 0 Å². The predicted molar refractivity (Wildman–Crippen MR) is 116 cm³/mol. The molecule has 1 aliphatic rings. The average molecular weight is 445 g/mol. The minimum Gasteiger partial charge on any atom is -0.434 e. The van der Waals surface area contributed by atoms with E-state index in [1.54, 1.807) is 37.3 Å². The van der Waals surface area contributed by atoms with Crippen LogP contribution in [0.15, 0.2) is 48.5 Å². The van der Waals surface area contributed by atoms with Gasteiger partial charge in [0.2, 0.25) is 11.8 Å². The van der Waals surface area contributed by atoms with Crippen LogP contribution in [-0.4, -0.2) is 42.3 Å². The summed E-state index contributed by atoms with van der Waals surface area (Å²) in [6, 6.07) is 12.7. The molecule has 0 aromatic heterocycles. The second kappa shape index (κ2) is 10.7. The molecule has 2 N–H and O–H groups in total. The molecule has 0 aliphatic carbocycles. The van der Waals surface area contributed by atoms with Crippen LogP contribution in [0.4, 0.5) is 20.2 Å². The van der Waals surface area contributed by atoms with E-state index in [0.717, 1.165) is 0 Å². The Morgan fingerprint density at radius 3 is 2.53 bits per heavy atom. The van der Waals surface area contributed by atoms with Crippen molar-refractivity contribution in [2.45, 2.75) is 32.8 Å². The van der Waals surface area contributed by atoms with Crippen LogP contribution < -0.4 is 15.4 Å². The van der Waals surface area contributed by atoms with E-state index in [-0.39, 0.29) is 29.7 Å². The number of likely N-dealkylation sites (tertiary alicyclic amines) is 1. The zero-order chi connectivity index (χ0) is 23.1. The fraction of sp³-hybridized carbons (Fsp3) is 0.348. The summed E-state index contributed by atoms with van der Waals surface area (Å²) in [6.45, 7) is -0.708. The number of alkyl halides is 2. The number of carbonyl (C=O) groups is 3. The number of anilines is 2. The average Bonchev–Trinajstić information content (AvgIpc) is 2.79. The first kappa shape index (κ1) is 23.2. The van der Waals surface area contributed by atoms with Crippen molar-refractivity contribution >= 4 is 29.1 Å². The van der Waals surface area contributed by atoms with E-state index in [4.69, 9.17) is 0 Å². The Balaban J connectivity index is 1.66. The lowest BCUT2D eigenvalue weighted by atomic mass is 9.96. The van der Waals surface area contributed by atoms with Crippen LogP contribution in [0.1, 0.15) is 36.5 Å². The van der Waals surface area contributed by atoms with Crippen molar-refractivity contribution in [3.05, 3.63) is 54.1 Å². The molecule has 0 radical (unpaired) electrons. The van der Waals surface area contributed by atoms with Gasteiger partial charge in [-0.15, -0.1) is 0 Å². The lowest BCUT2D eigenvalue weighted by Crippen LogP contribution is -2.43. The van der Waals surface area contributed by atoms with Crippen LogP contribution in [0.3, 0.4) is 0 Å². The Morgan fingerprint density at radius 1 is 1.09 bits per heavy atom. The first-order chi connectivity index (χ1) is 15.4. The molecule has 1 fully saturated rings. The van der Waals surface area contributed by atoms with E-state index >= 15 is 0 Å². The summed E-state index contributed by atoms with van der Waals surface area (Å²) < 4.78 is 29.8. The van der Waals surface area contributed by atoms with Gasteiger partial charge in [-0.3, -0.25) is 14.4 Å². The number of piperidine rings is 1. The summed E-state index contributed by atoms with van der Waals surface area (Å²) >= 11 is 0. The number of amides is 3. The quantitative estimate of drug-likeness (QED) is 0.671. The molecule has 0 bridgehead atoms. The van der Waals surface area contributed by atoms with Crippen LogP contribution in [-0.2, 0) is 9.59 Å². The third kappa shape index (κ3) is 6.03. The highest BCUT2D eigenvalue weighted by Gasteiger charge is 2.30. The number of halogens is 2. The van der Waals surface area contributed by atoms with Crippen LogP contribution >= 0.6 is 0 Å². The third-order valence-corrected chi connectivity index (χ3v) is 5.15. The number of para-hydroxylation sites is 1. The largest absolute Gasteiger partial charge is 0.434 e. The van der Waals surface area contributed by atoms with Gasteiger partial charge in [0.1, 0.15) is 5.75 Å². The Labute approximate surface area is 184 Å². The molecule has 9 heteroatoms. The number of benzene rings is 2. The van der Waals surface area contributed by atoms with Crippen LogP contribution in [0.25, 0.3) is 0 Å². The maximum absolute atomic E-state index is 12.9. The summed E-state index contributed by atoms with van der Waals surface area (Å²) in [5.41, 5.74) is 1.14. The van der Waals surface area contributed by atoms with Crippen molar-refractivity contribution < 1.29 is 27.9 Å². The number of carbonyl (C=O) groups excluding carboxylic acids is 3. The Kier molecular flexibility index (Phi) is 7.75. The number of ether oxygens (including phenoxy) is 1. The van der Waals surface area contributed by atoms with E-state index in [0.29, 0.717) is 37.2 Å². The highest BCUT2D eigenvalue weighted by Crippen LogP contribution is 2.26. The lowest BCUT2D eigenvalue weighted by molar-refractivity contribution is -0.121. The van der Waals surface area contributed by atoms with E-state index in [2.05, 4.69) is 15.4 Å². The zero-order valence-corrected chi connectivity index (χ0v) is 17.6. The number of rotatable bonds is 7. The fourth-order valence-electron chi connectivity index (χ4n) is 3.56. The van der Waals surface area contributed by atoms with Gasteiger partial charge in [-0.25, -0.2) is 0 Å². The van der Waals surface area contributed by atoms with Crippen molar-refractivity contribution in [2.24, 2.45) is 5.92 Å². The summed E-state index contributed by atoms with van der Waals surface area (Å²) in [6.07, 6.45) is 1.54. The molecule has 1 saturated heterocycles. The zero-order valence-electron chi connectivity index (χ0n) is 17.6.